The quantitative estimate of drug-likeness (QED) is 0.687. The lowest BCUT2D eigenvalue weighted by Crippen LogP contribution is -2.26. The molecule has 116 valence electrons. The Morgan fingerprint density at radius 3 is 2.55 bits per heavy atom. The number of amides is 1. The van der Waals surface area contributed by atoms with Crippen LogP contribution in [0.2, 0.25) is 0 Å². The number of aryl methyl sites for hydroxylation is 1. The molecule has 0 saturated carbocycles. The maximum atomic E-state index is 13.2. The summed E-state index contributed by atoms with van der Waals surface area (Å²) in [5, 5.41) is 13.4. The zero-order chi connectivity index (χ0) is 16.4. The molecule has 0 aliphatic rings. The van der Waals surface area contributed by atoms with E-state index >= 15 is 0 Å². The fraction of sp³-hybridized carbons (Fsp3) is 0.214. The molecule has 1 aromatic carbocycles. The number of nitrogens with zero attached hydrogens (tertiary/aromatic N) is 1. The minimum Gasteiger partial charge on any atom is -0.345 e. The molecule has 0 fully saturated rings. The molecule has 22 heavy (non-hydrogen) atoms. The van der Waals surface area contributed by atoms with E-state index in [9.17, 15) is 23.7 Å². The van der Waals surface area contributed by atoms with Crippen LogP contribution in [0.4, 0.5) is 14.5 Å². The number of thiophene rings is 1. The zero-order valence-corrected chi connectivity index (χ0v) is 12.5. The summed E-state index contributed by atoms with van der Waals surface area (Å²) in [4.78, 5) is 22.9. The monoisotopic (exact) mass is 326 g/mol. The molecule has 0 aliphatic carbocycles. The Bertz CT molecular complexity index is 746. The highest BCUT2D eigenvalue weighted by molar-refractivity contribution is 7.14. The van der Waals surface area contributed by atoms with E-state index in [-0.39, 0.29) is 10.6 Å². The highest BCUT2D eigenvalue weighted by Crippen LogP contribution is 2.28. The Labute approximate surface area is 128 Å². The molecule has 0 aliphatic heterocycles. The molecular formula is C14H12F2N2O3S. The zero-order valence-electron chi connectivity index (χ0n) is 11.7. The number of hydrogen-bond donors (Lipinski definition) is 1. The summed E-state index contributed by atoms with van der Waals surface area (Å²) >= 11 is 1.01. The van der Waals surface area contributed by atoms with Gasteiger partial charge in [-0.1, -0.05) is 6.07 Å². The van der Waals surface area contributed by atoms with Crippen molar-refractivity contribution in [1.82, 2.24) is 5.32 Å². The molecule has 0 bridgehead atoms. The van der Waals surface area contributed by atoms with Gasteiger partial charge in [0.15, 0.2) is 11.6 Å². The van der Waals surface area contributed by atoms with Crippen molar-refractivity contribution in [2.24, 2.45) is 0 Å². The second-order valence-electron chi connectivity index (χ2n) is 4.68. The number of carbonyl (C=O) groups excluding carboxylic acids is 1. The number of hydrogen-bond acceptors (Lipinski definition) is 4. The van der Waals surface area contributed by atoms with Crippen LogP contribution in [0.3, 0.4) is 0 Å². The molecule has 8 heteroatoms. The van der Waals surface area contributed by atoms with Crippen molar-refractivity contribution >= 4 is 22.9 Å². The van der Waals surface area contributed by atoms with Crippen LogP contribution in [0, 0.1) is 28.7 Å². The summed E-state index contributed by atoms with van der Waals surface area (Å²) in [6, 6.07) is 3.98. The molecule has 0 radical (unpaired) electrons. The summed E-state index contributed by atoms with van der Waals surface area (Å²) in [5.74, 6) is -2.47. The number of carbonyl (C=O) groups is 1. The lowest BCUT2D eigenvalue weighted by molar-refractivity contribution is -0.385. The fourth-order valence-electron chi connectivity index (χ4n) is 1.90. The molecule has 1 heterocycles. The molecule has 2 aromatic rings. The van der Waals surface area contributed by atoms with Crippen molar-refractivity contribution in [3.8, 4) is 0 Å². The number of nitrogens with one attached hydrogen (secondary N) is 1. The lowest BCUT2D eigenvalue weighted by Gasteiger charge is -2.13. The van der Waals surface area contributed by atoms with E-state index in [2.05, 4.69) is 5.32 Å². The van der Waals surface area contributed by atoms with Crippen molar-refractivity contribution in [1.29, 1.82) is 0 Å². The predicted octanol–water partition coefficient (Wildman–Crippen LogP) is 3.73. The summed E-state index contributed by atoms with van der Waals surface area (Å²) < 4.78 is 26.1. The second kappa shape index (κ2) is 6.18. The van der Waals surface area contributed by atoms with Crippen molar-refractivity contribution < 1.29 is 18.5 Å². The maximum absolute atomic E-state index is 13.2. The average molecular weight is 326 g/mol. The van der Waals surface area contributed by atoms with Crippen LogP contribution in [0.15, 0.2) is 24.3 Å². The Hall–Kier alpha value is -2.35. The predicted molar refractivity (Wildman–Crippen MR) is 77.9 cm³/mol. The average Bonchev–Trinajstić information content (AvgIpc) is 2.84. The first-order valence-corrected chi connectivity index (χ1v) is 7.12. The Balaban J connectivity index is 2.15. The Morgan fingerprint density at radius 1 is 1.32 bits per heavy atom. The molecule has 1 N–H and O–H groups in total. The van der Waals surface area contributed by atoms with Gasteiger partial charge in [-0.2, -0.15) is 0 Å². The smallest absolute Gasteiger partial charge is 0.283 e. The van der Waals surface area contributed by atoms with E-state index in [1.165, 1.54) is 12.1 Å². The van der Waals surface area contributed by atoms with Crippen molar-refractivity contribution in [3.05, 3.63) is 61.3 Å². The lowest BCUT2D eigenvalue weighted by atomic mass is 10.1. The summed E-state index contributed by atoms with van der Waals surface area (Å²) in [5.41, 5.74) is 0.283. The van der Waals surface area contributed by atoms with Gasteiger partial charge < -0.3 is 5.32 Å². The van der Waals surface area contributed by atoms with Gasteiger partial charge in [0.05, 0.1) is 20.7 Å². The van der Waals surface area contributed by atoms with E-state index < -0.39 is 28.5 Å². The normalized spacial score (nSPS) is 12.0. The minimum absolute atomic E-state index is 0.115. The highest BCUT2D eigenvalue weighted by atomic mass is 32.1. The molecule has 0 saturated heterocycles. The van der Waals surface area contributed by atoms with Gasteiger partial charge in [-0.25, -0.2) is 8.78 Å². The number of rotatable bonds is 4. The second-order valence-corrected chi connectivity index (χ2v) is 5.93. The van der Waals surface area contributed by atoms with Crippen LogP contribution in [0.25, 0.3) is 0 Å². The molecule has 1 atom stereocenters. The molecule has 1 aromatic heterocycles. The number of halogens is 2. The third-order valence-electron chi connectivity index (χ3n) is 3.10. The van der Waals surface area contributed by atoms with E-state index in [4.69, 9.17) is 0 Å². The van der Waals surface area contributed by atoms with Gasteiger partial charge in [-0.05, 0) is 31.5 Å². The van der Waals surface area contributed by atoms with Crippen LogP contribution in [-0.2, 0) is 0 Å². The minimum atomic E-state index is -0.999. The third kappa shape index (κ3) is 3.28. The molecule has 1 unspecified atom stereocenters. The SMILES string of the molecule is Cc1sc(C(=O)NC(C)c2ccc(F)c(F)c2)cc1[N+](=O)[O-]. The molecular weight excluding hydrogens is 314 g/mol. The van der Waals surface area contributed by atoms with Gasteiger partial charge in [-0.3, -0.25) is 14.9 Å². The highest BCUT2D eigenvalue weighted by Gasteiger charge is 2.21. The fourth-order valence-corrected chi connectivity index (χ4v) is 2.79. The van der Waals surface area contributed by atoms with E-state index in [1.807, 2.05) is 0 Å². The Kier molecular flexibility index (Phi) is 4.51. The van der Waals surface area contributed by atoms with E-state index in [0.717, 1.165) is 23.5 Å². The van der Waals surface area contributed by atoms with E-state index in [0.29, 0.717) is 10.4 Å². The van der Waals surface area contributed by atoms with Gasteiger partial charge in [0.25, 0.3) is 11.6 Å². The first-order chi connectivity index (χ1) is 10.3. The number of nitro groups is 1. The topological polar surface area (TPSA) is 72.2 Å². The molecule has 2 rings (SSSR count). The maximum Gasteiger partial charge on any atom is 0.283 e. The van der Waals surface area contributed by atoms with Crippen molar-refractivity contribution in [2.75, 3.05) is 0 Å². The van der Waals surface area contributed by atoms with Gasteiger partial charge in [0, 0.05) is 6.07 Å². The van der Waals surface area contributed by atoms with Crippen molar-refractivity contribution in [3.63, 3.8) is 0 Å². The van der Waals surface area contributed by atoms with Gasteiger partial charge in [0.1, 0.15) is 0 Å². The van der Waals surface area contributed by atoms with Gasteiger partial charge >= 0.3 is 0 Å². The third-order valence-corrected chi connectivity index (χ3v) is 4.14. The number of benzene rings is 1. The standard InChI is InChI=1S/C14H12F2N2O3S/c1-7(9-3-4-10(15)11(16)5-9)17-14(19)13-6-12(18(20)21)8(2)22-13/h3-7H,1-2H3,(H,17,19). The molecule has 0 spiro atoms. The van der Waals surface area contributed by atoms with Crippen LogP contribution in [0.5, 0.6) is 0 Å². The van der Waals surface area contributed by atoms with Crippen LogP contribution >= 0.6 is 11.3 Å². The van der Waals surface area contributed by atoms with Crippen LogP contribution < -0.4 is 5.32 Å². The Morgan fingerprint density at radius 2 is 2.00 bits per heavy atom. The van der Waals surface area contributed by atoms with Gasteiger partial charge in [-0.15, -0.1) is 11.3 Å². The largest absolute Gasteiger partial charge is 0.345 e. The van der Waals surface area contributed by atoms with Gasteiger partial charge in [0.2, 0.25) is 0 Å². The first kappa shape index (κ1) is 16.0. The van der Waals surface area contributed by atoms with Crippen LogP contribution in [-0.4, -0.2) is 10.8 Å². The summed E-state index contributed by atoms with van der Waals surface area (Å²) in [6.07, 6.45) is 0. The van der Waals surface area contributed by atoms with Crippen LogP contribution in [0.1, 0.15) is 33.1 Å². The van der Waals surface area contributed by atoms with Crippen molar-refractivity contribution in [2.45, 2.75) is 19.9 Å². The first-order valence-electron chi connectivity index (χ1n) is 6.30. The molecule has 5 nitrogen and oxygen atoms in total. The molecule has 1 amide bonds. The summed E-state index contributed by atoms with van der Waals surface area (Å²) in [6.45, 7) is 3.16. The summed E-state index contributed by atoms with van der Waals surface area (Å²) in [7, 11) is 0. The van der Waals surface area contributed by atoms with E-state index in [1.54, 1.807) is 13.8 Å².